The number of amides is 2. The Hall–Kier alpha value is -2.16. The normalized spacial score (nSPS) is 19.7. The fraction of sp³-hybridized carbons (Fsp3) is 0.667. The molecule has 0 aromatic heterocycles. The summed E-state index contributed by atoms with van der Waals surface area (Å²) in [6.07, 6.45) is 1.25. The number of aliphatic hydroxyl groups excluding tert-OH is 1. The van der Waals surface area contributed by atoms with Crippen molar-refractivity contribution < 1.29 is 34.5 Å². The molecular formula is C12H18N2O7. The number of piperidine rings is 1. The first-order valence-corrected chi connectivity index (χ1v) is 6.56. The second-order valence-electron chi connectivity index (χ2n) is 4.72. The molecule has 0 aromatic carbocycles. The molecule has 9 heteroatoms. The molecule has 0 radical (unpaired) electrons. The molecule has 21 heavy (non-hydrogen) atoms. The quantitative estimate of drug-likeness (QED) is 0.448. The van der Waals surface area contributed by atoms with E-state index in [4.69, 9.17) is 15.3 Å². The van der Waals surface area contributed by atoms with Crippen molar-refractivity contribution in [3.05, 3.63) is 0 Å². The first kappa shape index (κ1) is 16.9. The molecule has 1 saturated heterocycles. The first-order chi connectivity index (χ1) is 9.88. The van der Waals surface area contributed by atoms with Crippen molar-refractivity contribution in [2.45, 2.75) is 37.8 Å². The smallest absolute Gasteiger partial charge is 0.326 e. The van der Waals surface area contributed by atoms with E-state index in [-0.39, 0.29) is 19.4 Å². The zero-order valence-electron chi connectivity index (χ0n) is 11.3. The zero-order chi connectivity index (χ0) is 16.0. The maximum absolute atomic E-state index is 12.0. The van der Waals surface area contributed by atoms with Crippen LogP contribution in [0.25, 0.3) is 0 Å². The van der Waals surface area contributed by atoms with Crippen LogP contribution in [0.3, 0.4) is 0 Å². The molecule has 1 rings (SSSR count). The molecule has 0 bridgehead atoms. The maximum atomic E-state index is 12.0. The monoisotopic (exact) mass is 302 g/mol. The maximum Gasteiger partial charge on any atom is 0.326 e. The van der Waals surface area contributed by atoms with Gasteiger partial charge < -0.3 is 25.5 Å². The molecule has 2 amide bonds. The highest BCUT2D eigenvalue weighted by Crippen LogP contribution is 2.17. The van der Waals surface area contributed by atoms with E-state index in [9.17, 15) is 19.2 Å². The number of carboxylic acids is 2. The summed E-state index contributed by atoms with van der Waals surface area (Å²) in [6.45, 7) is -0.326. The van der Waals surface area contributed by atoms with Gasteiger partial charge in [-0.25, -0.2) is 9.59 Å². The number of rotatable bonds is 5. The molecule has 0 aromatic rings. The molecule has 0 saturated carbocycles. The molecule has 118 valence electrons. The van der Waals surface area contributed by atoms with Gasteiger partial charge >= 0.3 is 23.8 Å². The minimum Gasteiger partial charge on any atom is -0.480 e. The van der Waals surface area contributed by atoms with E-state index in [0.29, 0.717) is 12.8 Å². The molecule has 2 atom stereocenters. The minimum absolute atomic E-state index is 0.140. The van der Waals surface area contributed by atoms with Crippen LogP contribution in [0, 0.1) is 0 Å². The van der Waals surface area contributed by atoms with Gasteiger partial charge in [0, 0.05) is 19.6 Å². The van der Waals surface area contributed by atoms with Gasteiger partial charge in [0.25, 0.3) is 0 Å². The Morgan fingerprint density at radius 3 is 2.38 bits per heavy atom. The van der Waals surface area contributed by atoms with Gasteiger partial charge in [-0.2, -0.15) is 0 Å². The van der Waals surface area contributed by atoms with Gasteiger partial charge in [0.05, 0.1) is 0 Å². The molecular weight excluding hydrogens is 284 g/mol. The predicted molar refractivity (Wildman–Crippen MR) is 68.3 cm³/mol. The van der Waals surface area contributed by atoms with Crippen LogP contribution < -0.4 is 5.32 Å². The van der Waals surface area contributed by atoms with E-state index in [1.165, 1.54) is 0 Å². The Labute approximate surface area is 120 Å². The zero-order valence-corrected chi connectivity index (χ0v) is 11.3. The van der Waals surface area contributed by atoms with Crippen LogP contribution in [0.4, 0.5) is 0 Å². The standard InChI is InChI=1S/C12H18N2O7/c15-6-4-7(11(18)19)13-9(16)10(17)14-5-2-1-3-8(14)12(20)21/h7-8,15H,1-6H2,(H,13,16)(H,18,19)(H,20,21)/t7?,8-/m1/s1. The van der Waals surface area contributed by atoms with E-state index < -0.39 is 42.4 Å². The third-order valence-corrected chi connectivity index (χ3v) is 3.26. The summed E-state index contributed by atoms with van der Waals surface area (Å²) in [6, 6.07) is -2.46. The summed E-state index contributed by atoms with van der Waals surface area (Å²) in [5, 5.41) is 28.6. The molecule has 1 aliphatic rings. The Bertz CT molecular complexity index is 437. The van der Waals surface area contributed by atoms with E-state index in [1.54, 1.807) is 0 Å². The Morgan fingerprint density at radius 1 is 1.19 bits per heavy atom. The number of hydrogen-bond donors (Lipinski definition) is 4. The molecule has 1 fully saturated rings. The topological polar surface area (TPSA) is 144 Å². The van der Waals surface area contributed by atoms with Crippen LogP contribution in [0.15, 0.2) is 0 Å². The van der Waals surface area contributed by atoms with Gasteiger partial charge in [0.1, 0.15) is 12.1 Å². The van der Waals surface area contributed by atoms with Crippen molar-refractivity contribution in [2.24, 2.45) is 0 Å². The number of carbonyl (C=O) groups is 4. The molecule has 1 aliphatic heterocycles. The van der Waals surface area contributed by atoms with Crippen LogP contribution in [0.2, 0.25) is 0 Å². The van der Waals surface area contributed by atoms with Gasteiger partial charge in [0.2, 0.25) is 0 Å². The average molecular weight is 302 g/mol. The molecule has 0 spiro atoms. The number of nitrogens with zero attached hydrogens (tertiary/aromatic N) is 1. The van der Waals surface area contributed by atoms with Crippen molar-refractivity contribution in [3.8, 4) is 0 Å². The summed E-state index contributed by atoms with van der Waals surface area (Å²) in [5.74, 6) is -4.81. The van der Waals surface area contributed by atoms with Gasteiger partial charge in [-0.1, -0.05) is 0 Å². The first-order valence-electron chi connectivity index (χ1n) is 6.56. The SMILES string of the molecule is O=C(NC(CCO)C(=O)O)C(=O)N1CCCC[C@@H]1C(=O)O. The number of aliphatic hydroxyl groups is 1. The van der Waals surface area contributed by atoms with Crippen LogP contribution in [0.5, 0.6) is 0 Å². The van der Waals surface area contributed by atoms with Gasteiger partial charge in [-0.15, -0.1) is 0 Å². The van der Waals surface area contributed by atoms with Crippen molar-refractivity contribution in [3.63, 3.8) is 0 Å². The Morgan fingerprint density at radius 2 is 1.86 bits per heavy atom. The second-order valence-corrected chi connectivity index (χ2v) is 4.72. The number of hydrogen-bond acceptors (Lipinski definition) is 5. The Balaban J connectivity index is 2.73. The highest BCUT2D eigenvalue weighted by Gasteiger charge is 2.36. The summed E-state index contributed by atoms with van der Waals surface area (Å²) in [5.41, 5.74) is 0. The predicted octanol–water partition coefficient (Wildman–Crippen LogP) is -1.60. The lowest BCUT2D eigenvalue weighted by Crippen LogP contribution is -2.55. The van der Waals surface area contributed by atoms with Crippen LogP contribution in [0.1, 0.15) is 25.7 Å². The van der Waals surface area contributed by atoms with E-state index in [2.05, 4.69) is 0 Å². The molecule has 0 aliphatic carbocycles. The van der Waals surface area contributed by atoms with Crippen molar-refractivity contribution in [2.75, 3.05) is 13.2 Å². The highest BCUT2D eigenvalue weighted by molar-refractivity contribution is 6.35. The minimum atomic E-state index is -1.39. The lowest BCUT2D eigenvalue weighted by atomic mass is 10.0. The number of aliphatic carboxylic acids is 2. The average Bonchev–Trinajstić information content (AvgIpc) is 2.45. The van der Waals surface area contributed by atoms with Crippen LogP contribution in [-0.4, -0.2) is 69.2 Å². The summed E-state index contributed by atoms with van der Waals surface area (Å²) in [4.78, 5) is 46.6. The summed E-state index contributed by atoms with van der Waals surface area (Å²) in [7, 11) is 0. The van der Waals surface area contributed by atoms with Gasteiger partial charge in [0.15, 0.2) is 0 Å². The largest absolute Gasteiger partial charge is 0.480 e. The van der Waals surface area contributed by atoms with E-state index in [0.717, 1.165) is 4.90 Å². The van der Waals surface area contributed by atoms with E-state index in [1.807, 2.05) is 5.32 Å². The van der Waals surface area contributed by atoms with E-state index >= 15 is 0 Å². The number of likely N-dealkylation sites (tertiary alicyclic amines) is 1. The van der Waals surface area contributed by atoms with Crippen molar-refractivity contribution in [1.82, 2.24) is 10.2 Å². The molecule has 4 N–H and O–H groups in total. The highest BCUT2D eigenvalue weighted by atomic mass is 16.4. The van der Waals surface area contributed by atoms with Crippen molar-refractivity contribution >= 4 is 23.8 Å². The number of carboxylic acid groups (broad SMARTS) is 2. The van der Waals surface area contributed by atoms with Gasteiger partial charge in [-0.3, -0.25) is 9.59 Å². The summed E-state index contributed by atoms with van der Waals surface area (Å²) >= 11 is 0. The third-order valence-electron chi connectivity index (χ3n) is 3.26. The lowest BCUT2D eigenvalue weighted by Gasteiger charge is -2.32. The summed E-state index contributed by atoms with van der Waals surface area (Å²) < 4.78 is 0. The molecule has 1 heterocycles. The number of carbonyl (C=O) groups excluding carboxylic acids is 2. The molecule has 9 nitrogen and oxygen atoms in total. The Kier molecular flexibility index (Phi) is 6.10. The fourth-order valence-corrected chi connectivity index (χ4v) is 2.17. The van der Waals surface area contributed by atoms with Crippen molar-refractivity contribution in [1.29, 1.82) is 0 Å². The molecule has 1 unspecified atom stereocenters. The lowest BCUT2D eigenvalue weighted by molar-refractivity contribution is -0.157. The van der Waals surface area contributed by atoms with Crippen LogP contribution >= 0.6 is 0 Å². The second kappa shape index (κ2) is 7.58. The fourth-order valence-electron chi connectivity index (χ4n) is 2.17. The number of nitrogens with one attached hydrogen (secondary N) is 1. The van der Waals surface area contributed by atoms with Gasteiger partial charge in [-0.05, 0) is 19.3 Å². The third kappa shape index (κ3) is 4.42. The van der Waals surface area contributed by atoms with Crippen LogP contribution in [-0.2, 0) is 19.2 Å².